The summed E-state index contributed by atoms with van der Waals surface area (Å²) >= 11 is 0. The van der Waals surface area contributed by atoms with E-state index in [1.165, 1.54) is 24.0 Å². The topological polar surface area (TPSA) is 76.4 Å². The van der Waals surface area contributed by atoms with Crippen LogP contribution in [0.3, 0.4) is 0 Å². The fourth-order valence-corrected chi connectivity index (χ4v) is 2.97. The standard InChI is InChI=1S/C17H22N4O.HI/c1-11-15(12(2)22-21-11)10-19-17(18)20-16-9-5-7-13-6-3-4-8-14(13)16;/h5,7,9H,3-4,6,8,10H2,1-2H3,(H3,18,19,20);1H. The Kier molecular flexibility index (Phi) is 6.04. The highest BCUT2D eigenvalue weighted by atomic mass is 127. The average Bonchev–Trinajstić information content (AvgIpc) is 2.84. The molecule has 1 aromatic carbocycles. The molecule has 0 bridgehead atoms. The van der Waals surface area contributed by atoms with Crippen LogP contribution in [0.15, 0.2) is 27.7 Å². The Balaban J connectivity index is 0.00000192. The third-order valence-corrected chi connectivity index (χ3v) is 4.25. The number of hydrogen-bond acceptors (Lipinski definition) is 3. The fourth-order valence-electron chi connectivity index (χ4n) is 2.97. The van der Waals surface area contributed by atoms with Crippen LogP contribution >= 0.6 is 24.0 Å². The molecule has 0 spiro atoms. The van der Waals surface area contributed by atoms with Gasteiger partial charge < -0.3 is 15.6 Å². The van der Waals surface area contributed by atoms with Crippen molar-refractivity contribution in [2.45, 2.75) is 46.1 Å². The summed E-state index contributed by atoms with van der Waals surface area (Å²) in [6, 6.07) is 6.35. The molecule has 0 unspecified atom stereocenters. The van der Waals surface area contributed by atoms with Crippen LogP contribution in [0.2, 0.25) is 0 Å². The molecular formula is C17H23IN4O. The van der Waals surface area contributed by atoms with E-state index in [-0.39, 0.29) is 24.0 Å². The summed E-state index contributed by atoms with van der Waals surface area (Å²) in [5, 5.41) is 7.18. The van der Waals surface area contributed by atoms with Gasteiger partial charge in [-0.05, 0) is 56.7 Å². The molecule has 1 aromatic heterocycles. The van der Waals surface area contributed by atoms with Crippen LogP contribution in [0.5, 0.6) is 0 Å². The van der Waals surface area contributed by atoms with Crippen LogP contribution in [-0.2, 0) is 19.4 Å². The Hall–Kier alpha value is -1.57. The van der Waals surface area contributed by atoms with Crippen molar-refractivity contribution in [2.75, 3.05) is 5.32 Å². The first-order chi connectivity index (χ1) is 10.6. The molecule has 5 nitrogen and oxygen atoms in total. The maximum absolute atomic E-state index is 6.04. The van der Waals surface area contributed by atoms with E-state index in [1.807, 2.05) is 13.8 Å². The Bertz CT molecular complexity index is 689. The van der Waals surface area contributed by atoms with E-state index in [9.17, 15) is 0 Å². The van der Waals surface area contributed by atoms with Crippen LogP contribution in [0.4, 0.5) is 5.69 Å². The number of nitrogens with one attached hydrogen (secondary N) is 1. The van der Waals surface area contributed by atoms with E-state index >= 15 is 0 Å². The maximum atomic E-state index is 6.04. The number of aryl methyl sites for hydroxylation is 3. The zero-order valence-corrected chi connectivity index (χ0v) is 15.9. The molecule has 23 heavy (non-hydrogen) atoms. The molecule has 2 aromatic rings. The average molecular weight is 426 g/mol. The summed E-state index contributed by atoms with van der Waals surface area (Å²) in [7, 11) is 0. The molecule has 0 saturated heterocycles. The summed E-state index contributed by atoms with van der Waals surface area (Å²) in [5.41, 5.74) is 11.8. The molecule has 0 atom stereocenters. The van der Waals surface area contributed by atoms with Gasteiger partial charge in [0, 0.05) is 11.3 Å². The molecule has 0 amide bonds. The van der Waals surface area contributed by atoms with Crippen LogP contribution in [0.25, 0.3) is 0 Å². The molecule has 124 valence electrons. The number of benzene rings is 1. The minimum atomic E-state index is 0. The van der Waals surface area contributed by atoms with Gasteiger partial charge in [0.05, 0.1) is 12.2 Å². The zero-order chi connectivity index (χ0) is 15.5. The molecule has 1 aliphatic carbocycles. The molecule has 0 radical (unpaired) electrons. The van der Waals surface area contributed by atoms with Crippen LogP contribution in [0, 0.1) is 13.8 Å². The number of rotatable bonds is 3. The maximum Gasteiger partial charge on any atom is 0.193 e. The van der Waals surface area contributed by atoms with E-state index < -0.39 is 0 Å². The largest absolute Gasteiger partial charge is 0.370 e. The first kappa shape index (κ1) is 17.8. The molecule has 1 aliphatic rings. The van der Waals surface area contributed by atoms with Gasteiger partial charge in [0.25, 0.3) is 0 Å². The number of halogens is 1. The van der Waals surface area contributed by atoms with Crippen molar-refractivity contribution in [3.05, 3.63) is 46.3 Å². The van der Waals surface area contributed by atoms with Gasteiger partial charge in [-0.1, -0.05) is 17.3 Å². The number of anilines is 1. The first-order valence-electron chi connectivity index (χ1n) is 7.74. The second kappa shape index (κ2) is 7.81. The van der Waals surface area contributed by atoms with Crippen LogP contribution in [-0.4, -0.2) is 11.1 Å². The highest BCUT2D eigenvalue weighted by Gasteiger charge is 2.13. The van der Waals surface area contributed by atoms with E-state index in [1.54, 1.807) is 0 Å². The van der Waals surface area contributed by atoms with Crippen molar-refractivity contribution in [3.8, 4) is 0 Å². The summed E-state index contributed by atoms with van der Waals surface area (Å²) in [4.78, 5) is 4.42. The number of nitrogens with two attached hydrogens (primary N) is 1. The van der Waals surface area contributed by atoms with E-state index in [2.05, 4.69) is 33.7 Å². The highest BCUT2D eigenvalue weighted by Crippen LogP contribution is 2.27. The molecule has 3 N–H and O–H groups in total. The lowest BCUT2D eigenvalue weighted by atomic mass is 9.90. The third kappa shape index (κ3) is 4.04. The summed E-state index contributed by atoms with van der Waals surface area (Å²) < 4.78 is 5.14. The first-order valence-corrected chi connectivity index (χ1v) is 7.74. The zero-order valence-electron chi connectivity index (χ0n) is 13.6. The lowest BCUT2D eigenvalue weighted by Gasteiger charge is -2.19. The number of nitrogens with zero attached hydrogens (tertiary/aromatic N) is 2. The van der Waals surface area contributed by atoms with E-state index in [0.717, 1.165) is 35.5 Å². The Morgan fingerprint density at radius 3 is 2.83 bits per heavy atom. The molecule has 6 heteroatoms. The van der Waals surface area contributed by atoms with Gasteiger partial charge in [-0.3, -0.25) is 0 Å². The summed E-state index contributed by atoms with van der Waals surface area (Å²) in [5.74, 6) is 1.23. The number of aromatic nitrogens is 1. The Morgan fingerprint density at radius 2 is 2.09 bits per heavy atom. The molecule has 0 aliphatic heterocycles. The third-order valence-electron chi connectivity index (χ3n) is 4.25. The SMILES string of the molecule is Cc1noc(C)c1CN=C(N)Nc1cccc2c1CCCC2.I. The van der Waals surface area contributed by atoms with Crippen LogP contribution < -0.4 is 11.1 Å². The lowest BCUT2D eigenvalue weighted by molar-refractivity contribution is 0.392. The van der Waals surface area contributed by atoms with Crippen molar-refractivity contribution in [1.29, 1.82) is 0 Å². The minimum absolute atomic E-state index is 0. The highest BCUT2D eigenvalue weighted by molar-refractivity contribution is 14.0. The minimum Gasteiger partial charge on any atom is -0.370 e. The molecular weight excluding hydrogens is 403 g/mol. The number of fused-ring (bicyclic) bond motifs is 1. The molecule has 1 heterocycles. The predicted molar refractivity (Wildman–Crippen MR) is 103 cm³/mol. The van der Waals surface area contributed by atoms with E-state index in [0.29, 0.717) is 12.5 Å². The van der Waals surface area contributed by atoms with Gasteiger partial charge in [0.1, 0.15) is 5.76 Å². The Morgan fingerprint density at radius 1 is 1.30 bits per heavy atom. The van der Waals surface area contributed by atoms with Crippen molar-refractivity contribution >= 4 is 35.6 Å². The van der Waals surface area contributed by atoms with Gasteiger partial charge in [-0.15, -0.1) is 24.0 Å². The van der Waals surface area contributed by atoms with Crippen molar-refractivity contribution in [1.82, 2.24) is 5.16 Å². The quantitative estimate of drug-likeness (QED) is 0.446. The van der Waals surface area contributed by atoms with Gasteiger partial charge in [-0.25, -0.2) is 4.99 Å². The number of aliphatic imine (C=N–C) groups is 1. The lowest BCUT2D eigenvalue weighted by Crippen LogP contribution is -2.24. The molecule has 3 rings (SSSR count). The predicted octanol–water partition coefficient (Wildman–Crippen LogP) is 3.72. The van der Waals surface area contributed by atoms with Gasteiger partial charge in [0.2, 0.25) is 0 Å². The second-order valence-corrected chi connectivity index (χ2v) is 5.78. The Labute approximate surface area is 153 Å². The summed E-state index contributed by atoms with van der Waals surface area (Å²) in [6.07, 6.45) is 4.77. The van der Waals surface area contributed by atoms with E-state index in [4.69, 9.17) is 10.3 Å². The van der Waals surface area contributed by atoms with Gasteiger partial charge >= 0.3 is 0 Å². The number of hydrogen-bond donors (Lipinski definition) is 2. The monoisotopic (exact) mass is 426 g/mol. The molecule has 0 saturated carbocycles. The normalized spacial score (nSPS) is 14.1. The fraction of sp³-hybridized carbons (Fsp3) is 0.412. The van der Waals surface area contributed by atoms with Crippen molar-refractivity contribution in [2.24, 2.45) is 10.7 Å². The number of guanidine groups is 1. The summed E-state index contributed by atoms with van der Waals surface area (Å²) in [6.45, 7) is 4.29. The van der Waals surface area contributed by atoms with Gasteiger partial charge in [0.15, 0.2) is 5.96 Å². The smallest absolute Gasteiger partial charge is 0.193 e. The second-order valence-electron chi connectivity index (χ2n) is 5.78. The van der Waals surface area contributed by atoms with Crippen molar-refractivity contribution in [3.63, 3.8) is 0 Å². The van der Waals surface area contributed by atoms with Crippen LogP contribution in [0.1, 0.15) is 41.0 Å². The molecule has 0 fully saturated rings. The van der Waals surface area contributed by atoms with Crippen molar-refractivity contribution < 1.29 is 4.52 Å². The van der Waals surface area contributed by atoms with Gasteiger partial charge in [-0.2, -0.15) is 0 Å².